The Labute approximate surface area is 134 Å². The first-order valence-electron chi connectivity index (χ1n) is 7.81. The van der Waals surface area contributed by atoms with Crippen LogP contribution < -0.4 is 0 Å². The van der Waals surface area contributed by atoms with Crippen molar-refractivity contribution in [1.29, 1.82) is 0 Å². The standard InChI is InChI=1S/C18H19NO4/c1-19-5-4-11-7-16(21)17(22)8-12(11)14(19)6-10-2-3-15(20)18(23)13(10)9-19/h2-3,7-8,14H,4-6,9H2,1H3,(H3-,20,21,22,23)/p+1/t14-,19-/m0/s1. The number of hydrogen-bond acceptors (Lipinski definition) is 4. The Bertz CT molecular complexity index is 817. The molecule has 0 radical (unpaired) electrons. The van der Waals surface area contributed by atoms with Crippen molar-refractivity contribution < 1.29 is 24.9 Å². The van der Waals surface area contributed by atoms with E-state index in [1.165, 1.54) is 6.07 Å². The van der Waals surface area contributed by atoms with Crippen molar-refractivity contribution in [1.82, 2.24) is 0 Å². The van der Waals surface area contributed by atoms with Crippen LogP contribution in [0.2, 0.25) is 0 Å². The third kappa shape index (κ3) is 1.96. The molecule has 0 unspecified atom stereocenters. The topological polar surface area (TPSA) is 80.9 Å². The average Bonchev–Trinajstić information content (AvgIpc) is 2.52. The third-order valence-corrected chi connectivity index (χ3v) is 5.53. The highest BCUT2D eigenvalue weighted by atomic mass is 16.3. The highest BCUT2D eigenvalue weighted by Crippen LogP contribution is 2.48. The number of rotatable bonds is 0. The largest absolute Gasteiger partial charge is 0.504 e. The molecule has 120 valence electrons. The Morgan fingerprint density at radius 3 is 2.48 bits per heavy atom. The van der Waals surface area contributed by atoms with Gasteiger partial charge in [0, 0.05) is 18.4 Å². The Balaban J connectivity index is 1.86. The zero-order valence-corrected chi connectivity index (χ0v) is 13.0. The maximum Gasteiger partial charge on any atom is 0.166 e. The van der Waals surface area contributed by atoms with Crippen LogP contribution in [-0.2, 0) is 19.4 Å². The van der Waals surface area contributed by atoms with E-state index in [1.807, 2.05) is 6.07 Å². The summed E-state index contributed by atoms with van der Waals surface area (Å²) in [5.41, 5.74) is 3.98. The first-order valence-corrected chi connectivity index (χ1v) is 7.81. The molecule has 0 amide bonds. The van der Waals surface area contributed by atoms with Gasteiger partial charge in [0.05, 0.1) is 19.2 Å². The molecule has 5 nitrogen and oxygen atoms in total. The van der Waals surface area contributed by atoms with Gasteiger partial charge in [-0.15, -0.1) is 0 Å². The summed E-state index contributed by atoms with van der Waals surface area (Å²) < 4.78 is 0.723. The monoisotopic (exact) mass is 314 g/mol. The van der Waals surface area contributed by atoms with Crippen molar-refractivity contribution in [2.45, 2.75) is 25.4 Å². The summed E-state index contributed by atoms with van der Waals surface area (Å²) >= 11 is 0. The number of nitrogens with zero attached hydrogens (tertiary/aromatic N) is 1. The van der Waals surface area contributed by atoms with Gasteiger partial charge in [-0.2, -0.15) is 0 Å². The summed E-state index contributed by atoms with van der Waals surface area (Å²) in [4.78, 5) is 0. The number of likely N-dealkylation sites (N-methyl/N-ethyl adjacent to an activating group) is 1. The second-order valence-electron chi connectivity index (χ2n) is 6.94. The Morgan fingerprint density at radius 1 is 0.957 bits per heavy atom. The van der Waals surface area contributed by atoms with Crippen molar-refractivity contribution in [2.24, 2.45) is 0 Å². The lowest BCUT2D eigenvalue weighted by Crippen LogP contribution is -2.53. The highest BCUT2D eigenvalue weighted by molar-refractivity contribution is 5.52. The van der Waals surface area contributed by atoms with E-state index < -0.39 is 0 Å². The van der Waals surface area contributed by atoms with Crippen molar-refractivity contribution in [2.75, 3.05) is 13.6 Å². The molecule has 2 aliphatic rings. The molecule has 0 saturated carbocycles. The van der Waals surface area contributed by atoms with Gasteiger partial charge < -0.3 is 24.9 Å². The van der Waals surface area contributed by atoms with E-state index in [0.29, 0.717) is 6.54 Å². The van der Waals surface area contributed by atoms with Crippen LogP contribution >= 0.6 is 0 Å². The van der Waals surface area contributed by atoms with Crippen LogP contribution in [0.15, 0.2) is 24.3 Å². The van der Waals surface area contributed by atoms with Gasteiger partial charge in [-0.25, -0.2) is 0 Å². The second-order valence-corrected chi connectivity index (χ2v) is 6.94. The van der Waals surface area contributed by atoms with Crippen molar-refractivity contribution in [3.8, 4) is 23.0 Å². The van der Waals surface area contributed by atoms with Gasteiger partial charge >= 0.3 is 0 Å². The number of hydrogen-bond donors (Lipinski definition) is 4. The lowest BCUT2D eigenvalue weighted by molar-refractivity contribution is -0.956. The molecule has 2 atom stereocenters. The van der Waals surface area contributed by atoms with Crippen molar-refractivity contribution >= 4 is 0 Å². The minimum Gasteiger partial charge on any atom is -0.504 e. The number of phenolic OH excluding ortho intramolecular Hbond substituents is 4. The molecular formula is C18H20NO4+. The molecule has 0 aromatic heterocycles. The fourth-order valence-corrected chi connectivity index (χ4v) is 4.15. The van der Waals surface area contributed by atoms with Gasteiger partial charge in [0.25, 0.3) is 0 Å². The maximum atomic E-state index is 10.2. The Morgan fingerprint density at radius 2 is 1.70 bits per heavy atom. The van der Waals surface area contributed by atoms with Crippen LogP contribution in [0.5, 0.6) is 23.0 Å². The number of quaternary nitrogens is 1. The molecule has 0 fully saturated rings. The van der Waals surface area contributed by atoms with Gasteiger partial charge in [-0.3, -0.25) is 0 Å². The molecule has 2 aromatic carbocycles. The zero-order valence-electron chi connectivity index (χ0n) is 13.0. The predicted molar refractivity (Wildman–Crippen MR) is 84.4 cm³/mol. The van der Waals surface area contributed by atoms with Gasteiger partial charge in [0.2, 0.25) is 0 Å². The minimum absolute atomic E-state index is 0.0142. The summed E-state index contributed by atoms with van der Waals surface area (Å²) in [5.74, 6) is -0.247. The second kappa shape index (κ2) is 4.55. The van der Waals surface area contributed by atoms with Crippen LogP contribution in [0.25, 0.3) is 0 Å². The highest BCUT2D eigenvalue weighted by Gasteiger charge is 2.44. The van der Waals surface area contributed by atoms with Gasteiger partial charge in [-0.05, 0) is 29.3 Å². The lowest BCUT2D eigenvalue weighted by atomic mass is 9.81. The first kappa shape index (κ1) is 14.2. The summed E-state index contributed by atoms with van der Waals surface area (Å²) in [6, 6.07) is 6.90. The minimum atomic E-state index is -0.0865. The Kier molecular flexibility index (Phi) is 2.81. The summed E-state index contributed by atoms with van der Waals surface area (Å²) in [6.07, 6.45) is 1.54. The molecule has 2 heterocycles. The molecule has 5 heteroatoms. The van der Waals surface area contributed by atoms with Crippen molar-refractivity contribution in [3.63, 3.8) is 0 Å². The van der Waals surface area contributed by atoms with Crippen LogP contribution in [0.3, 0.4) is 0 Å². The molecular weight excluding hydrogens is 294 g/mol. The molecule has 0 spiro atoms. The quantitative estimate of drug-likeness (QED) is 0.444. The SMILES string of the molecule is C[N@@+]12CCc3cc(O)c(O)cc3[C@@H]1Cc1ccc(O)c(O)c1C2. The number of aromatic hydroxyl groups is 4. The van der Waals surface area contributed by atoms with Crippen LogP contribution in [0.4, 0.5) is 0 Å². The molecule has 0 aliphatic carbocycles. The number of phenols is 4. The summed E-state index contributed by atoms with van der Waals surface area (Å²) in [6.45, 7) is 1.53. The van der Waals surface area contributed by atoms with E-state index in [1.54, 1.807) is 12.1 Å². The Hall–Kier alpha value is -2.40. The molecule has 23 heavy (non-hydrogen) atoms. The fourth-order valence-electron chi connectivity index (χ4n) is 4.15. The van der Waals surface area contributed by atoms with Crippen molar-refractivity contribution in [3.05, 3.63) is 46.5 Å². The van der Waals surface area contributed by atoms with Gasteiger partial charge in [-0.1, -0.05) is 6.07 Å². The molecule has 0 bridgehead atoms. The fraction of sp³-hybridized carbons (Fsp3) is 0.333. The predicted octanol–water partition coefficient (Wildman–Crippen LogP) is 2.31. The van der Waals surface area contributed by atoms with E-state index in [2.05, 4.69) is 7.05 Å². The van der Waals surface area contributed by atoms with E-state index in [0.717, 1.165) is 46.1 Å². The normalized spacial score (nSPS) is 25.3. The summed E-state index contributed by atoms with van der Waals surface area (Å²) in [7, 11) is 2.14. The average molecular weight is 314 g/mol. The van der Waals surface area contributed by atoms with Crippen LogP contribution in [-0.4, -0.2) is 38.5 Å². The molecule has 2 aromatic rings. The molecule has 4 rings (SSSR count). The van der Waals surface area contributed by atoms with E-state index in [9.17, 15) is 20.4 Å². The maximum absolute atomic E-state index is 10.2. The first-order chi connectivity index (χ1) is 10.9. The molecule has 4 N–H and O–H groups in total. The van der Waals surface area contributed by atoms with E-state index in [4.69, 9.17) is 0 Å². The third-order valence-electron chi connectivity index (χ3n) is 5.53. The van der Waals surface area contributed by atoms with Gasteiger partial charge in [0.1, 0.15) is 12.6 Å². The van der Waals surface area contributed by atoms with Crippen LogP contribution in [0, 0.1) is 0 Å². The zero-order chi connectivity index (χ0) is 16.4. The number of benzene rings is 2. The smallest absolute Gasteiger partial charge is 0.166 e. The lowest BCUT2D eigenvalue weighted by Gasteiger charge is -2.48. The summed E-state index contributed by atoms with van der Waals surface area (Å²) in [5, 5.41) is 39.6. The van der Waals surface area contributed by atoms with E-state index in [-0.39, 0.29) is 29.0 Å². The number of fused-ring (bicyclic) bond motifs is 4. The molecule has 0 saturated heterocycles. The molecule has 2 aliphatic heterocycles. The van der Waals surface area contributed by atoms with Gasteiger partial charge in [0.15, 0.2) is 23.0 Å². The van der Waals surface area contributed by atoms with Crippen LogP contribution in [0.1, 0.15) is 28.3 Å². The van der Waals surface area contributed by atoms with E-state index >= 15 is 0 Å².